The molecular formula is C9H17NO3. The quantitative estimate of drug-likeness (QED) is 0.676. The van der Waals surface area contributed by atoms with Crippen molar-refractivity contribution in [3.63, 3.8) is 0 Å². The summed E-state index contributed by atoms with van der Waals surface area (Å²) in [7, 11) is 1.27. The number of amides is 2. The van der Waals surface area contributed by atoms with E-state index in [0.717, 1.165) is 11.3 Å². The fourth-order valence-electron chi connectivity index (χ4n) is 1.03. The SMILES string of the molecule is CCCC(=O)N(C(=O)OC)C(C)C. The molecule has 4 heteroatoms. The molecule has 0 aromatic carbocycles. The second-order valence-corrected chi connectivity index (χ2v) is 3.08. The average Bonchev–Trinajstić information content (AvgIpc) is 2.04. The van der Waals surface area contributed by atoms with Crippen LogP contribution in [-0.2, 0) is 9.53 Å². The van der Waals surface area contributed by atoms with Crippen molar-refractivity contribution in [3.8, 4) is 0 Å². The molecule has 0 fully saturated rings. The Hall–Kier alpha value is -1.06. The number of nitrogens with zero attached hydrogens (tertiary/aromatic N) is 1. The second kappa shape index (κ2) is 5.56. The van der Waals surface area contributed by atoms with Gasteiger partial charge in [-0.1, -0.05) is 6.92 Å². The van der Waals surface area contributed by atoms with Crippen molar-refractivity contribution in [3.05, 3.63) is 0 Å². The van der Waals surface area contributed by atoms with E-state index < -0.39 is 6.09 Å². The zero-order chi connectivity index (χ0) is 10.4. The molecular weight excluding hydrogens is 170 g/mol. The number of hydrogen-bond acceptors (Lipinski definition) is 3. The molecule has 0 aliphatic carbocycles. The fourth-order valence-corrected chi connectivity index (χ4v) is 1.03. The minimum Gasteiger partial charge on any atom is -0.452 e. The van der Waals surface area contributed by atoms with Crippen LogP contribution in [0, 0.1) is 0 Å². The highest BCUT2D eigenvalue weighted by molar-refractivity contribution is 5.92. The summed E-state index contributed by atoms with van der Waals surface area (Å²) in [5, 5.41) is 0. The van der Waals surface area contributed by atoms with Crippen LogP contribution in [0.1, 0.15) is 33.6 Å². The first kappa shape index (κ1) is 11.9. The summed E-state index contributed by atoms with van der Waals surface area (Å²) in [6.07, 6.45) is 0.542. The molecule has 0 saturated carbocycles. The van der Waals surface area contributed by atoms with Gasteiger partial charge in [0.1, 0.15) is 0 Å². The molecule has 0 radical (unpaired) electrons. The minimum absolute atomic E-state index is 0.147. The van der Waals surface area contributed by atoms with E-state index in [4.69, 9.17) is 0 Å². The van der Waals surface area contributed by atoms with Gasteiger partial charge < -0.3 is 4.74 Å². The number of ether oxygens (including phenoxy) is 1. The predicted molar refractivity (Wildman–Crippen MR) is 49.3 cm³/mol. The Kier molecular flexibility index (Phi) is 5.11. The van der Waals surface area contributed by atoms with Crippen LogP contribution < -0.4 is 0 Å². The number of hydrogen-bond donors (Lipinski definition) is 0. The smallest absolute Gasteiger partial charge is 0.416 e. The molecule has 0 spiro atoms. The Labute approximate surface area is 78.9 Å². The number of rotatable bonds is 3. The summed E-state index contributed by atoms with van der Waals surface area (Å²) < 4.78 is 4.51. The second-order valence-electron chi connectivity index (χ2n) is 3.08. The van der Waals surface area contributed by atoms with E-state index in [9.17, 15) is 9.59 Å². The lowest BCUT2D eigenvalue weighted by atomic mass is 10.2. The van der Waals surface area contributed by atoms with E-state index in [1.54, 1.807) is 13.8 Å². The Morgan fingerprint density at radius 2 is 1.92 bits per heavy atom. The third-order valence-electron chi connectivity index (χ3n) is 1.62. The molecule has 0 unspecified atom stereocenters. The molecule has 76 valence electrons. The van der Waals surface area contributed by atoms with Gasteiger partial charge in [0.25, 0.3) is 0 Å². The first-order valence-electron chi connectivity index (χ1n) is 4.44. The minimum atomic E-state index is -0.576. The van der Waals surface area contributed by atoms with Gasteiger partial charge in [0.15, 0.2) is 0 Å². The third-order valence-corrected chi connectivity index (χ3v) is 1.62. The van der Waals surface area contributed by atoms with Crippen molar-refractivity contribution in [1.82, 2.24) is 4.90 Å². The van der Waals surface area contributed by atoms with Crippen LogP contribution in [0.3, 0.4) is 0 Å². The van der Waals surface area contributed by atoms with Crippen molar-refractivity contribution < 1.29 is 14.3 Å². The van der Waals surface area contributed by atoms with Gasteiger partial charge in [0.2, 0.25) is 5.91 Å². The molecule has 0 atom stereocenters. The van der Waals surface area contributed by atoms with Crippen LogP contribution in [0.5, 0.6) is 0 Å². The van der Waals surface area contributed by atoms with Crippen LogP contribution in [0.25, 0.3) is 0 Å². The van der Waals surface area contributed by atoms with Crippen molar-refractivity contribution in [2.75, 3.05) is 7.11 Å². The van der Waals surface area contributed by atoms with E-state index in [1.807, 2.05) is 6.92 Å². The summed E-state index contributed by atoms with van der Waals surface area (Å²) >= 11 is 0. The van der Waals surface area contributed by atoms with Gasteiger partial charge in [-0.2, -0.15) is 0 Å². The lowest BCUT2D eigenvalue weighted by Gasteiger charge is -2.22. The molecule has 0 heterocycles. The van der Waals surface area contributed by atoms with Crippen LogP contribution in [0.2, 0.25) is 0 Å². The zero-order valence-electron chi connectivity index (χ0n) is 8.66. The summed E-state index contributed by atoms with van der Waals surface area (Å²) in [6, 6.07) is -0.147. The maximum Gasteiger partial charge on any atom is 0.416 e. The zero-order valence-corrected chi connectivity index (χ0v) is 8.66. The Balaban J connectivity index is 4.41. The summed E-state index contributed by atoms with van der Waals surface area (Å²) in [6.45, 7) is 5.46. The van der Waals surface area contributed by atoms with Gasteiger partial charge in [-0.15, -0.1) is 0 Å². The van der Waals surface area contributed by atoms with Crippen molar-refractivity contribution >= 4 is 12.0 Å². The molecule has 0 N–H and O–H groups in total. The monoisotopic (exact) mass is 187 g/mol. The molecule has 0 rings (SSSR count). The summed E-state index contributed by atoms with van der Waals surface area (Å²) in [4.78, 5) is 23.7. The molecule has 4 nitrogen and oxygen atoms in total. The summed E-state index contributed by atoms with van der Waals surface area (Å²) in [5.41, 5.74) is 0. The van der Waals surface area contributed by atoms with Crippen molar-refractivity contribution in [1.29, 1.82) is 0 Å². The molecule has 13 heavy (non-hydrogen) atoms. The predicted octanol–water partition coefficient (Wildman–Crippen LogP) is 1.79. The maximum atomic E-state index is 11.4. The van der Waals surface area contributed by atoms with Crippen LogP contribution in [0.15, 0.2) is 0 Å². The highest BCUT2D eigenvalue weighted by atomic mass is 16.5. The normalized spacial score (nSPS) is 9.92. The first-order chi connectivity index (χ1) is 6.04. The van der Waals surface area contributed by atoms with Gasteiger partial charge in [-0.3, -0.25) is 4.79 Å². The fraction of sp³-hybridized carbons (Fsp3) is 0.778. The standard InChI is InChI=1S/C9H17NO3/c1-5-6-8(11)10(7(2)3)9(12)13-4/h7H,5-6H2,1-4H3. The van der Waals surface area contributed by atoms with E-state index in [-0.39, 0.29) is 11.9 Å². The lowest BCUT2D eigenvalue weighted by molar-refractivity contribution is -0.130. The van der Waals surface area contributed by atoms with Crippen molar-refractivity contribution in [2.45, 2.75) is 39.7 Å². The molecule has 0 aromatic rings. The van der Waals surface area contributed by atoms with Gasteiger partial charge in [0, 0.05) is 12.5 Å². The Bertz CT molecular complexity index is 189. The van der Waals surface area contributed by atoms with E-state index >= 15 is 0 Å². The van der Waals surface area contributed by atoms with Gasteiger partial charge in [-0.05, 0) is 20.3 Å². The van der Waals surface area contributed by atoms with Crippen LogP contribution in [-0.4, -0.2) is 30.1 Å². The number of carbonyl (C=O) groups is 2. The third kappa shape index (κ3) is 3.44. The number of imide groups is 1. The van der Waals surface area contributed by atoms with Crippen LogP contribution in [0.4, 0.5) is 4.79 Å². The molecule has 0 aromatic heterocycles. The molecule has 2 amide bonds. The molecule has 0 aliphatic rings. The number of carbonyl (C=O) groups excluding carboxylic acids is 2. The highest BCUT2D eigenvalue weighted by Crippen LogP contribution is 2.05. The lowest BCUT2D eigenvalue weighted by Crippen LogP contribution is -2.41. The average molecular weight is 187 g/mol. The molecule has 0 bridgehead atoms. The van der Waals surface area contributed by atoms with Crippen molar-refractivity contribution in [2.24, 2.45) is 0 Å². The first-order valence-corrected chi connectivity index (χ1v) is 4.44. The van der Waals surface area contributed by atoms with Gasteiger partial charge >= 0.3 is 6.09 Å². The largest absolute Gasteiger partial charge is 0.452 e. The molecule has 0 aliphatic heterocycles. The van der Waals surface area contributed by atoms with Gasteiger partial charge in [0.05, 0.1) is 7.11 Å². The van der Waals surface area contributed by atoms with E-state index in [2.05, 4.69) is 4.74 Å². The highest BCUT2D eigenvalue weighted by Gasteiger charge is 2.23. The number of methoxy groups -OCH3 is 1. The van der Waals surface area contributed by atoms with E-state index in [0.29, 0.717) is 6.42 Å². The topological polar surface area (TPSA) is 46.6 Å². The maximum absolute atomic E-state index is 11.4. The Morgan fingerprint density at radius 1 is 1.38 bits per heavy atom. The van der Waals surface area contributed by atoms with E-state index in [1.165, 1.54) is 7.11 Å². The molecule has 0 saturated heterocycles. The Morgan fingerprint density at radius 3 is 2.23 bits per heavy atom. The summed E-state index contributed by atoms with van der Waals surface area (Å²) in [5.74, 6) is -0.177. The van der Waals surface area contributed by atoms with Crippen LogP contribution >= 0.6 is 0 Å². The van der Waals surface area contributed by atoms with Gasteiger partial charge in [-0.25, -0.2) is 9.69 Å².